The minimum atomic E-state index is -0.342. The van der Waals surface area contributed by atoms with E-state index < -0.39 is 0 Å². The molecule has 0 aliphatic carbocycles. The first-order valence-electron chi connectivity index (χ1n) is 9.65. The number of thioether (sulfide) groups is 1. The van der Waals surface area contributed by atoms with Crippen molar-refractivity contribution >= 4 is 17.7 Å². The molecule has 0 aliphatic heterocycles. The summed E-state index contributed by atoms with van der Waals surface area (Å²) in [7, 11) is 3.02. The van der Waals surface area contributed by atoms with Gasteiger partial charge in [0.2, 0.25) is 0 Å². The van der Waals surface area contributed by atoms with Crippen molar-refractivity contribution in [3.8, 4) is 22.8 Å². The Labute approximate surface area is 184 Å². The van der Waals surface area contributed by atoms with Gasteiger partial charge in [-0.05, 0) is 42.0 Å². The molecular weight excluding hydrogens is 410 g/mol. The van der Waals surface area contributed by atoms with Crippen molar-refractivity contribution in [3.05, 3.63) is 90.0 Å². The van der Waals surface area contributed by atoms with Crippen molar-refractivity contribution in [2.45, 2.75) is 10.9 Å². The zero-order chi connectivity index (χ0) is 21.6. The molecule has 1 heterocycles. The van der Waals surface area contributed by atoms with Crippen LogP contribution in [0.15, 0.2) is 84.0 Å². The Morgan fingerprint density at radius 2 is 1.71 bits per heavy atom. The molecule has 1 aromatic heterocycles. The highest BCUT2D eigenvalue weighted by Crippen LogP contribution is 2.31. The highest BCUT2D eigenvalue weighted by Gasteiger charge is 2.17. The number of carbonyl (C=O) groups is 1. The van der Waals surface area contributed by atoms with Crippen LogP contribution in [-0.4, -0.2) is 35.0 Å². The van der Waals surface area contributed by atoms with Crippen molar-refractivity contribution in [3.63, 3.8) is 0 Å². The third-order valence-corrected chi connectivity index (χ3v) is 5.72. The van der Waals surface area contributed by atoms with Crippen LogP contribution in [-0.2, 0) is 10.5 Å². The van der Waals surface area contributed by atoms with Crippen LogP contribution in [0.25, 0.3) is 17.1 Å². The molecule has 0 radical (unpaired) electrons. The normalized spacial score (nSPS) is 10.6. The number of para-hydroxylation sites is 1. The minimum Gasteiger partial charge on any atom is -0.497 e. The lowest BCUT2D eigenvalue weighted by Gasteiger charge is -2.11. The van der Waals surface area contributed by atoms with Gasteiger partial charge in [0.1, 0.15) is 5.75 Å². The van der Waals surface area contributed by atoms with E-state index in [2.05, 4.69) is 10.2 Å². The Morgan fingerprint density at radius 1 is 0.935 bits per heavy atom. The van der Waals surface area contributed by atoms with Crippen LogP contribution in [0.5, 0.6) is 5.75 Å². The van der Waals surface area contributed by atoms with Crippen LogP contribution >= 0.6 is 11.8 Å². The molecule has 3 aromatic carbocycles. The number of hydrogen-bond donors (Lipinski definition) is 0. The number of rotatable bonds is 7. The number of benzene rings is 3. The van der Waals surface area contributed by atoms with Crippen LogP contribution in [0.3, 0.4) is 0 Å². The molecule has 0 N–H and O–H groups in total. The lowest BCUT2D eigenvalue weighted by Crippen LogP contribution is -2.01. The second kappa shape index (κ2) is 9.49. The standard InChI is InChI=1S/C24H21N3O3S/c1-29-21-10-6-7-19(15-21)22-25-26-24(27(22)20-8-4-3-5-9-20)31-16-17-11-13-18(14-12-17)23(28)30-2/h3-15H,16H2,1-2H3. The molecule has 0 amide bonds. The van der Waals surface area contributed by atoms with E-state index in [-0.39, 0.29) is 5.97 Å². The average Bonchev–Trinajstić information content (AvgIpc) is 3.27. The van der Waals surface area contributed by atoms with Gasteiger partial charge < -0.3 is 9.47 Å². The first kappa shape index (κ1) is 20.7. The number of nitrogens with zero attached hydrogens (tertiary/aromatic N) is 3. The first-order valence-corrected chi connectivity index (χ1v) is 10.6. The molecule has 4 aromatic rings. The van der Waals surface area contributed by atoms with E-state index in [0.717, 1.165) is 33.5 Å². The Morgan fingerprint density at radius 3 is 2.42 bits per heavy atom. The molecule has 0 atom stereocenters. The topological polar surface area (TPSA) is 66.2 Å². The van der Waals surface area contributed by atoms with Crippen LogP contribution in [0.1, 0.15) is 15.9 Å². The van der Waals surface area contributed by atoms with E-state index in [4.69, 9.17) is 9.47 Å². The third-order valence-electron chi connectivity index (χ3n) is 4.72. The summed E-state index contributed by atoms with van der Waals surface area (Å²) in [6, 6.07) is 25.2. The summed E-state index contributed by atoms with van der Waals surface area (Å²) < 4.78 is 12.2. The maximum Gasteiger partial charge on any atom is 0.337 e. The van der Waals surface area contributed by atoms with Gasteiger partial charge in [0, 0.05) is 17.0 Å². The number of methoxy groups -OCH3 is 2. The Balaban J connectivity index is 1.65. The largest absolute Gasteiger partial charge is 0.497 e. The fraction of sp³-hybridized carbons (Fsp3) is 0.125. The highest BCUT2D eigenvalue weighted by atomic mass is 32.2. The van der Waals surface area contributed by atoms with Crippen molar-refractivity contribution in [1.29, 1.82) is 0 Å². The smallest absolute Gasteiger partial charge is 0.337 e. The van der Waals surface area contributed by atoms with Gasteiger partial charge in [-0.2, -0.15) is 0 Å². The lowest BCUT2D eigenvalue weighted by atomic mass is 10.1. The molecule has 0 spiro atoms. The SMILES string of the molecule is COC(=O)c1ccc(CSc2nnc(-c3cccc(OC)c3)n2-c2ccccc2)cc1. The van der Waals surface area contributed by atoms with Crippen molar-refractivity contribution in [2.24, 2.45) is 0 Å². The van der Waals surface area contributed by atoms with Gasteiger partial charge in [-0.25, -0.2) is 4.79 Å². The van der Waals surface area contributed by atoms with Gasteiger partial charge in [-0.3, -0.25) is 4.57 Å². The zero-order valence-electron chi connectivity index (χ0n) is 17.2. The molecular formula is C24H21N3O3S. The number of carbonyl (C=O) groups excluding carboxylic acids is 1. The summed E-state index contributed by atoms with van der Waals surface area (Å²) in [5.41, 5.74) is 3.51. The highest BCUT2D eigenvalue weighted by molar-refractivity contribution is 7.98. The van der Waals surface area contributed by atoms with Gasteiger partial charge in [0.05, 0.1) is 19.8 Å². The molecule has 7 heteroatoms. The van der Waals surface area contributed by atoms with Gasteiger partial charge in [0.25, 0.3) is 0 Å². The Kier molecular flexibility index (Phi) is 6.33. The van der Waals surface area contributed by atoms with Crippen molar-refractivity contribution < 1.29 is 14.3 Å². The van der Waals surface area contributed by atoms with E-state index in [1.54, 1.807) is 31.0 Å². The van der Waals surface area contributed by atoms with Crippen LogP contribution in [0, 0.1) is 0 Å². The third kappa shape index (κ3) is 4.62. The van der Waals surface area contributed by atoms with Crippen molar-refractivity contribution in [2.75, 3.05) is 14.2 Å². The first-order chi connectivity index (χ1) is 15.2. The number of hydrogen-bond acceptors (Lipinski definition) is 6. The Hall–Kier alpha value is -3.58. The molecule has 4 rings (SSSR count). The maximum atomic E-state index is 11.6. The molecule has 0 saturated heterocycles. The lowest BCUT2D eigenvalue weighted by molar-refractivity contribution is 0.0600. The molecule has 0 fully saturated rings. The van der Waals surface area contributed by atoms with Crippen LogP contribution in [0.2, 0.25) is 0 Å². The van der Waals surface area contributed by atoms with E-state index in [1.807, 2.05) is 71.3 Å². The van der Waals surface area contributed by atoms with Crippen LogP contribution < -0.4 is 4.74 Å². The summed E-state index contributed by atoms with van der Waals surface area (Å²) in [6.45, 7) is 0. The molecule has 0 unspecified atom stereocenters. The minimum absolute atomic E-state index is 0.342. The van der Waals surface area contributed by atoms with Gasteiger partial charge >= 0.3 is 5.97 Å². The van der Waals surface area contributed by atoms with E-state index in [1.165, 1.54) is 7.11 Å². The van der Waals surface area contributed by atoms with Crippen molar-refractivity contribution in [1.82, 2.24) is 14.8 Å². The van der Waals surface area contributed by atoms with Crippen LogP contribution in [0.4, 0.5) is 0 Å². The molecule has 6 nitrogen and oxygen atoms in total. The number of ether oxygens (including phenoxy) is 2. The monoisotopic (exact) mass is 431 g/mol. The molecule has 0 aliphatic rings. The fourth-order valence-corrected chi connectivity index (χ4v) is 4.03. The summed E-state index contributed by atoms with van der Waals surface area (Å²) in [5, 5.41) is 9.71. The quantitative estimate of drug-likeness (QED) is 0.302. The summed E-state index contributed by atoms with van der Waals surface area (Å²) >= 11 is 1.58. The second-order valence-electron chi connectivity index (χ2n) is 6.69. The number of aromatic nitrogens is 3. The molecule has 31 heavy (non-hydrogen) atoms. The predicted octanol–water partition coefficient (Wildman–Crippen LogP) is 5.02. The summed E-state index contributed by atoms with van der Waals surface area (Å²) in [5.74, 6) is 1.85. The molecule has 0 bridgehead atoms. The molecule has 156 valence electrons. The zero-order valence-corrected chi connectivity index (χ0v) is 18.0. The second-order valence-corrected chi connectivity index (χ2v) is 7.63. The van der Waals surface area contributed by atoms with E-state index in [9.17, 15) is 4.79 Å². The van der Waals surface area contributed by atoms with E-state index in [0.29, 0.717) is 11.3 Å². The molecule has 0 saturated carbocycles. The van der Waals surface area contributed by atoms with E-state index >= 15 is 0 Å². The average molecular weight is 432 g/mol. The summed E-state index contributed by atoms with van der Waals surface area (Å²) in [6.07, 6.45) is 0. The maximum absolute atomic E-state index is 11.6. The predicted molar refractivity (Wildman–Crippen MR) is 121 cm³/mol. The van der Waals surface area contributed by atoms with Gasteiger partial charge in [-0.15, -0.1) is 10.2 Å². The van der Waals surface area contributed by atoms with Gasteiger partial charge in [0.15, 0.2) is 11.0 Å². The van der Waals surface area contributed by atoms with Gasteiger partial charge in [-0.1, -0.05) is 54.2 Å². The fourth-order valence-electron chi connectivity index (χ4n) is 3.13. The Bertz CT molecular complexity index is 1170. The summed E-state index contributed by atoms with van der Waals surface area (Å²) in [4.78, 5) is 11.6. The number of esters is 1.